The Morgan fingerprint density at radius 3 is 2.63 bits per heavy atom. The summed E-state index contributed by atoms with van der Waals surface area (Å²) in [6, 6.07) is 11.2. The number of carbonyl (C=O) groups excluding carboxylic acids is 1. The van der Waals surface area contributed by atoms with E-state index in [1.807, 2.05) is 24.3 Å². The average molecular weight is 256 g/mol. The number of aromatic nitrogens is 1. The molecule has 98 valence electrons. The number of nitrogens with two attached hydrogens (primary N) is 2. The number of benzene rings is 1. The molecule has 5 nitrogen and oxygen atoms in total. The Kier molecular flexibility index (Phi) is 3.97. The van der Waals surface area contributed by atoms with Crippen molar-refractivity contribution in [2.45, 2.75) is 6.42 Å². The zero-order valence-corrected chi connectivity index (χ0v) is 10.5. The molecule has 0 bridgehead atoms. The van der Waals surface area contributed by atoms with Gasteiger partial charge in [-0.2, -0.15) is 0 Å². The highest BCUT2D eigenvalue weighted by Crippen LogP contribution is 2.09. The number of hydrogen-bond donors (Lipinski definition) is 3. The van der Waals surface area contributed by atoms with E-state index in [-0.39, 0.29) is 5.69 Å². The monoisotopic (exact) mass is 256 g/mol. The van der Waals surface area contributed by atoms with E-state index in [1.165, 1.54) is 5.56 Å². The number of carbonyl (C=O) groups is 1. The minimum Gasteiger partial charge on any atom is -0.399 e. The predicted octanol–water partition coefficient (Wildman–Crippen LogP) is 1.42. The molecule has 0 saturated carbocycles. The molecular formula is C14H16N4O. The molecule has 0 aliphatic rings. The first-order valence-electron chi connectivity index (χ1n) is 5.99. The van der Waals surface area contributed by atoms with Crippen LogP contribution < -0.4 is 16.8 Å². The second-order valence-corrected chi connectivity index (χ2v) is 4.21. The number of anilines is 2. The number of nitrogen functional groups attached to an aromatic ring is 1. The van der Waals surface area contributed by atoms with Gasteiger partial charge in [0.25, 0.3) is 5.91 Å². The normalized spacial score (nSPS) is 10.1. The van der Waals surface area contributed by atoms with Gasteiger partial charge in [-0.05, 0) is 36.2 Å². The Labute approximate surface area is 111 Å². The maximum atomic E-state index is 11.0. The predicted molar refractivity (Wildman–Crippen MR) is 75.8 cm³/mol. The van der Waals surface area contributed by atoms with Gasteiger partial charge in [-0.3, -0.25) is 9.78 Å². The number of primary amides is 1. The van der Waals surface area contributed by atoms with Crippen LogP contribution in [0, 0.1) is 0 Å². The summed E-state index contributed by atoms with van der Waals surface area (Å²) in [4.78, 5) is 14.9. The Morgan fingerprint density at radius 1 is 1.21 bits per heavy atom. The first-order chi connectivity index (χ1) is 9.15. The minimum absolute atomic E-state index is 0.262. The van der Waals surface area contributed by atoms with Gasteiger partial charge in [0, 0.05) is 24.1 Å². The van der Waals surface area contributed by atoms with Crippen molar-refractivity contribution in [2.75, 3.05) is 17.6 Å². The van der Waals surface area contributed by atoms with Crippen molar-refractivity contribution < 1.29 is 4.79 Å². The first kappa shape index (κ1) is 12.9. The van der Waals surface area contributed by atoms with Crippen LogP contribution >= 0.6 is 0 Å². The number of nitrogens with zero attached hydrogens (tertiary/aromatic N) is 1. The van der Waals surface area contributed by atoms with Gasteiger partial charge in [-0.1, -0.05) is 12.1 Å². The van der Waals surface area contributed by atoms with Crippen LogP contribution in [0.1, 0.15) is 16.1 Å². The Bertz CT molecular complexity index is 566. The van der Waals surface area contributed by atoms with Crippen LogP contribution in [0.4, 0.5) is 11.4 Å². The molecule has 0 atom stereocenters. The summed E-state index contributed by atoms with van der Waals surface area (Å²) in [5.74, 6) is -0.526. The SMILES string of the molecule is NC(=O)c1cc(NCCc2ccc(N)cc2)ccn1. The largest absolute Gasteiger partial charge is 0.399 e. The lowest BCUT2D eigenvalue weighted by molar-refractivity contribution is 0.0995. The van der Waals surface area contributed by atoms with Crippen LogP contribution in [-0.2, 0) is 6.42 Å². The van der Waals surface area contributed by atoms with Crippen molar-refractivity contribution in [1.29, 1.82) is 0 Å². The molecule has 0 saturated heterocycles. The smallest absolute Gasteiger partial charge is 0.267 e. The van der Waals surface area contributed by atoms with E-state index in [0.29, 0.717) is 0 Å². The van der Waals surface area contributed by atoms with Gasteiger partial charge in [-0.15, -0.1) is 0 Å². The summed E-state index contributed by atoms with van der Waals surface area (Å²) >= 11 is 0. The number of rotatable bonds is 5. The highest BCUT2D eigenvalue weighted by Gasteiger charge is 2.02. The summed E-state index contributed by atoms with van der Waals surface area (Å²) in [7, 11) is 0. The fourth-order valence-corrected chi connectivity index (χ4v) is 1.71. The van der Waals surface area contributed by atoms with Gasteiger partial charge in [0.15, 0.2) is 0 Å². The van der Waals surface area contributed by atoms with Crippen molar-refractivity contribution in [3.63, 3.8) is 0 Å². The number of pyridine rings is 1. The quantitative estimate of drug-likeness (QED) is 0.705. The zero-order valence-electron chi connectivity index (χ0n) is 10.5. The van der Waals surface area contributed by atoms with E-state index in [9.17, 15) is 4.79 Å². The van der Waals surface area contributed by atoms with Crippen LogP contribution in [-0.4, -0.2) is 17.4 Å². The summed E-state index contributed by atoms with van der Waals surface area (Å²) < 4.78 is 0. The van der Waals surface area contributed by atoms with Gasteiger partial charge < -0.3 is 16.8 Å². The zero-order chi connectivity index (χ0) is 13.7. The third kappa shape index (κ3) is 3.70. The fourth-order valence-electron chi connectivity index (χ4n) is 1.71. The van der Waals surface area contributed by atoms with Crippen LogP contribution in [0.25, 0.3) is 0 Å². The van der Waals surface area contributed by atoms with E-state index < -0.39 is 5.91 Å². The van der Waals surface area contributed by atoms with Crippen molar-refractivity contribution in [2.24, 2.45) is 5.73 Å². The Morgan fingerprint density at radius 2 is 1.95 bits per heavy atom. The molecule has 2 aromatic rings. The van der Waals surface area contributed by atoms with E-state index in [0.717, 1.165) is 24.3 Å². The standard InChI is InChI=1S/C14H16N4O/c15-11-3-1-10(2-4-11)5-7-17-12-6-8-18-13(9-12)14(16)19/h1-4,6,8-9H,5,7,15H2,(H2,16,19)(H,17,18). The molecule has 5 N–H and O–H groups in total. The highest BCUT2D eigenvalue weighted by atomic mass is 16.1. The topological polar surface area (TPSA) is 94.0 Å². The van der Waals surface area contributed by atoms with E-state index >= 15 is 0 Å². The molecule has 1 amide bonds. The molecule has 5 heteroatoms. The van der Waals surface area contributed by atoms with E-state index in [4.69, 9.17) is 11.5 Å². The van der Waals surface area contributed by atoms with Crippen LogP contribution in [0.2, 0.25) is 0 Å². The molecule has 0 radical (unpaired) electrons. The number of hydrogen-bond acceptors (Lipinski definition) is 4. The molecule has 2 rings (SSSR count). The molecular weight excluding hydrogens is 240 g/mol. The maximum Gasteiger partial charge on any atom is 0.267 e. The Hall–Kier alpha value is -2.56. The lowest BCUT2D eigenvalue weighted by Crippen LogP contribution is -2.13. The number of amides is 1. The lowest BCUT2D eigenvalue weighted by Gasteiger charge is -2.07. The molecule has 1 heterocycles. The van der Waals surface area contributed by atoms with Crippen molar-refractivity contribution >= 4 is 17.3 Å². The van der Waals surface area contributed by atoms with Gasteiger partial charge >= 0.3 is 0 Å². The second-order valence-electron chi connectivity index (χ2n) is 4.21. The lowest BCUT2D eigenvalue weighted by atomic mass is 10.1. The van der Waals surface area contributed by atoms with Gasteiger partial charge in [0.2, 0.25) is 0 Å². The highest BCUT2D eigenvalue weighted by molar-refractivity contribution is 5.91. The summed E-state index contributed by atoms with van der Waals surface area (Å²) in [6.07, 6.45) is 2.43. The molecule has 19 heavy (non-hydrogen) atoms. The molecule has 1 aromatic carbocycles. The third-order valence-corrected chi connectivity index (χ3v) is 2.73. The van der Waals surface area contributed by atoms with E-state index in [2.05, 4.69) is 10.3 Å². The molecule has 1 aromatic heterocycles. The summed E-state index contributed by atoms with van der Waals surface area (Å²) in [5, 5.41) is 3.22. The number of nitrogens with one attached hydrogen (secondary N) is 1. The molecule has 0 fully saturated rings. The third-order valence-electron chi connectivity index (χ3n) is 2.73. The van der Waals surface area contributed by atoms with Crippen molar-refractivity contribution in [3.05, 3.63) is 53.9 Å². The van der Waals surface area contributed by atoms with Crippen LogP contribution in [0.5, 0.6) is 0 Å². The van der Waals surface area contributed by atoms with E-state index in [1.54, 1.807) is 18.3 Å². The average Bonchev–Trinajstić information content (AvgIpc) is 2.41. The second kappa shape index (κ2) is 5.86. The molecule has 0 spiro atoms. The Balaban J connectivity index is 1.90. The molecule has 0 unspecified atom stereocenters. The van der Waals surface area contributed by atoms with Gasteiger partial charge in [0.05, 0.1) is 0 Å². The van der Waals surface area contributed by atoms with Crippen LogP contribution in [0.15, 0.2) is 42.6 Å². The van der Waals surface area contributed by atoms with Crippen molar-refractivity contribution in [1.82, 2.24) is 4.98 Å². The minimum atomic E-state index is -0.526. The summed E-state index contributed by atoms with van der Waals surface area (Å²) in [6.45, 7) is 0.756. The van der Waals surface area contributed by atoms with Crippen LogP contribution in [0.3, 0.4) is 0 Å². The molecule has 0 aliphatic heterocycles. The van der Waals surface area contributed by atoms with Gasteiger partial charge in [-0.25, -0.2) is 0 Å². The summed E-state index contributed by atoms with van der Waals surface area (Å²) in [5.41, 5.74) is 13.9. The molecule has 0 aliphatic carbocycles. The first-order valence-corrected chi connectivity index (χ1v) is 5.99. The van der Waals surface area contributed by atoms with Gasteiger partial charge in [0.1, 0.15) is 5.69 Å². The maximum absolute atomic E-state index is 11.0. The van der Waals surface area contributed by atoms with Crippen molar-refractivity contribution in [3.8, 4) is 0 Å². The fraction of sp³-hybridized carbons (Fsp3) is 0.143.